The molecule has 0 N–H and O–H groups in total. The Morgan fingerprint density at radius 2 is 1.53 bits per heavy atom. The standard InChI is InChI=1S/C27H25N3O2/c1-17(2)29-24-15-9-6-11-19(24)21(27(29)32)16-25-28-22-13-7-5-12-20(22)26(31)30(25)23-14-8-4-10-18(23)3/h4-15,17,21H,16H2,1-3H3/t21-/m1/s1. The highest BCUT2D eigenvalue weighted by Gasteiger charge is 2.39. The third-order valence-corrected chi connectivity index (χ3v) is 6.21. The van der Waals surface area contributed by atoms with E-state index >= 15 is 0 Å². The zero-order chi connectivity index (χ0) is 22.4. The Labute approximate surface area is 187 Å². The van der Waals surface area contributed by atoms with Crippen LogP contribution in [0.1, 0.15) is 36.7 Å². The molecule has 4 aromatic rings. The summed E-state index contributed by atoms with van der Waals surface area (Å²) in [6.07, 6.45) is 0.355. The Kier molecular flexibility index (Phi) is 4.89. The Bertz CT molecular complexity index is 1400. The van der Waals surface area contributed by atoms with Crippen molar-refractivity contribution in [3.8, 4) is 5.69 Å². The molecule has 1 atom stereocenters. The Morgan fingerprint density at radius 3 is 2.28 bits per heavy atom. The number of carbonyl (C=O) groups excluding carboxylic acids is 1. The minimum Gasteiger partial charge on any atom is -0.309 e. The summed E-state index contributed by atoms with van der Waals surface area (Å²) in [7, 11) is 0. The van der Waals surface area contributed by atoms with Gasteiger partial charge in [-0.15, -0.1) is 0 Å². The van der Waals surface area contributed by atoms with Crippen molar-refractivity contribution in [3.63, 3.8) is 0 Å². The second-order valence-electron chi connectivity index (χ2n) is 8.59. The highest BCUT2D eigenvalue weighted by atomic mass is 16.2. The van der Waals surface area contributed by atoms with E-state index in [0.29, 0.717) is 23.1 Å². The Morgan fingerprint density at radius 1 is 0.875 bits per heavy atom. The van der Waals surface area contributed by atoms with Crippen LogP contribution in [0.25, 0.3) is 16.6 Å². The van der Waals surface area contributed by atoms with E-state index < -0.39 is 0 Å². The van der Waals surface area contributed by atoms with E-state index in [1.165, 1.54) is 0 Å². The smallest absolute Gasteiger partial charge is 0.265 e. The number of aromatic nitrogens is 2. The van der Waals surface area contributed by atoms with Gasteiger partial charge in [-0.1, -0.05) is 48.5 Å². The zero-order valence-corrected chi connectivity index (χ0v) is 18.4. The van der Waals surface area contributed by atoms with Crippen molar-refractivity contribution in [1.82, 2.24) is 9.55 Å². The number of para-hydroxylation sites is 3. The molecule has 160 valence electrons. The van der Waals surface area contributed by atoms with Crippen LogP contribution in [0.5, 0.6) is 0 Å². The fraction of sp³-hybridized carbons (Fsp3) is 0.222. The molecule has 3 aromatic carbocycles. The average molecular weight is 424 g/mol. The Hall–Kier alpha value is -3.73. The van der Waals surface area contributed by atoms with Crippen molar-refractivity contribution in [2.24, 2.45) is 0 Å². The van der Waals surface area contributed by atoms with Crippen LogP contribution in [-0.2, 0) is 11.2 Å². The van der Waals surface area contributed by atoms with Gasteiger partial charge in [0, 0.05) is 18.2 Å². The van der Waals surface area contributed by atoms with Crippen molar-refractivity contribution < 1.29 is 4.79 Å². The van der Waals surface area contributed by atoms with Crippen LogP contribution in [0.15, 0.2) is 77.6 Å². The molecule has 1 aliphatic heterocycles. The van der Waals surface area contributed by atoms with Gasteiger partial charge in [-0.3, -0.25) is 14.2 Å². The molecule has 5 rings (SSSR count). The Balaban J connectivity index is 1.72. The number of hydrogen-bond donors (Lipinski definition) is 0. The van der Waals surface area contributed by atoms with Crippen LogP contribution >= 0.6 is 0 Å². The van der Waals surface area contributed by atoms with Gasteiger partial charge in [0.2, 0.25) is 5.91 Å². The first-order valence-corrected chi connectivity index (χ1v) is 11.0. The molecule has 0 fully saturated rings. The molecule has 1 aromatic heterocycles. The third-order valence-electron chi connectivity index (χ3n) is 6.21. The van der Waals surface area contributed by atoms with Gasteiger partial charge in [0.15, 0.2) is 0 Å². The maximum Gasteiger partial charge on any atom is 0.265 e. The van der Waals surface area contributed by atoms with Crippen molar-refractivity contribution >= 4 is 22.5 Å². The lowest BCUT2D eigenvalue weighted by molar-refractivity contribution is -0.119. The van der Waals surface area contributed by atoms with Gasteiger partial charge in [0.25, 0.3) is 5.56 Å². The fourth-order valence-corrected chi connectivity index (χ4v) is 4.71. The van der Waals surface area contributed by atoms with E-state index in [1.54, 1.807) is 10.6 Å². The molecule has 0 aliphatic carbocycles. The summed E-state index contributed by atoms with van der Waals surface area (Å²) >= 11 is 0. The SMILES string of the molecule is Cc1ccccc1-n1c(C[C@H]2C(=O)N(C(C)C)c3ccccc32)nc2ccccc2c1=O. The van der Waals surface area contributed by atoms with Gasteiger partial charge < -0.3 is 4.90 Å². The molecular formula is C27H25N3O2. The topological polar surface area (TPSA) is 55.2 Å². The maximum atomic E-state index is 13.6. The average Bonchev–Trinajstić information content (AvgIpc) is 3.06. The van der Waals surface area contributed by atoms with Gasteiger partial charge >= 0.3 is 0 Å². The van der Waals surface area contributed by atoms with Gasteiger partial charge in [0.1, 0.15) is 5.82 Å². The molecule has 0 saturated heterocycles. The minimum absolute atomic E-state index is 0.0526. The van der Waals surface area contributed by atoms with Crippen molar-refractivity contribution in [2.75, 3.05) is 4.90 Å². The largest absolute Gasteiger partial charge is 0.309 e. The summed E-state index contributed by atoms with van der Waals surface area (Å²) in [6, 6.07) is 23.2. The van der Waals surface area contributed by atoms with Crippen LogP contribution in [0.3, 0.4) is 0 Å². The van der Waals surface area contributed by atoms with Gasteiger partial charge in [-0.05, 0) is 56.2 Å². The van der Waals surface area contributed by atoms with E-state index in [2.05, 4.69) is 0 Å². The van der Waals surface area contributed by atoms with E-state index in [1.807, 2.05) is 92.4 Å². The van der Waals surface area contributed by atoms with Crippen LogP contribution in [-0.4, -0.2) is 21.5 Å². The lowest BCUT2D eigenvalue weighted by Crippen LogP contribution is -2.36. The number of nitrogens with zero attached hydrogens (tertiary/aromatic N) is 3. The predicted octanol–water partition coefficient (Wildman–Crippen LogP) is 4.78. The molecule has 5 heteroatoms. The lowest BCUT2D eigenvalue weighted by atomic mass is 9.96. The van der Waals surface area contributed by atoms with Crippen LogP contribution in [0.4, 0.5) is 5.69 Å². The first kappa shape index (κ1) is 20.2. The monoisotopic (exact) mass is 423 g/mol. The van der Waals surface area contributed by atoms with Crippen LogP contribution < -0.4 is 10.5 Å². The highest BCUT2D eigenvalue weighted by molar-refractivity contribution is 6.05. The normalized spacial score (nSPS) is 15.6. The summed E-state index contributed by atoms with van der Waals surface area (Å²) in [5.41, 5.74) is 4.25. The zero-order valence-electron chi connectivity index (χ0n) is 18.4. The fourth-order valence-electron chi connectivity index (χ4n) is 4.71. The molecule has 2 heterocycles. The van der Waals surface area contributed by atoms with Gasteiger partial charge in [-0.25, -0.2) is 4.98 Å². The summed E-state index contributed by atoms with van der Waals surface area (Å²) in [4.78, 5) is 33.8. The number of benzene rings is 3. The summed E-state index contributed by atoms with van der Waals surface area (Å²) < 4.78 is 1.69. The summed E-state index contributed by atoms with van der Waals surface area (Å²) in [5, 5.41) is 0.571. The number of aryl methyl sites for hydroxylation is 1. The van der Waals surface area contributed by atoms with E-state index in [9.17, 15) is 9.59 Å². The van der Waals surface area contributed by atoms with Crippen LogP contribution in [0, 0.1) is 6.92 Å². The molecule has 32 heavy (non-hydrogen) atoms. The van der Waals surface area contributed by atoms with E-state index in [4.69, 9.17) is 4.98 Å². The number of carbonyl (C=O) groups is 1. The van der Waals surface area contributed by atoms with Crippen molar-refractivity contribution in [2.45, 2.75) is 39.2 Å². The lowest BCUT2D eigenvalue weighted by Gasteiger charge is -2.22. The summed E-state index contributed by atoms with van der Waals surface area (Å²) in [5.74, 6) is 0.277. The van der Waals surface area contributed by atoms with Gasteiger partial charge in [0.05, 0.1) is 22.5 Å². The first-order valence-electron chi connectivity index (χ1n) is 11.0. The number of hydrogen-bond acceptors (Lipinski definition) is 3. The number of rotatable bonds is 4. The number of fused-ring (bicyclic) bond motifs is 2. The number of anilines is 1. The molecule has 5 nitrogen and oxygen atoms in total. The molecule has 0 spiro atoms. The minimum atomic E-state index is -0.378. The molecule has 0 radical (unpaired) electrons. The van der Waals surface area contributed by atoms with E-state index in [0.717, 1.165) is 22.5 Å². The molecule has 1 aliphatic rings. The highest BCUT2D eigenvalue weighted by Crippen LogP contribution is 2.40. The van der Waals surface area contributed by atoms with E-state index in [-0.39, 0.29) is 23.4 Å². The van der Waals surface area contributed by atoms with Crippen LogP contribution in [0.2, 0.25) is 0 Å². The quantitative estimate of drug-likeness (QED) is 0.475. The summed E-state index contributed by atoms with van der Waals surface area (Å²) in [6.45, 7) is 6.03. The third kappa shape index (κ3) is 3.12. The molecule has 0 unspecified atom stereocenters. The molecular weight excluding hydrogens is 398 g/mol. The van der Waals surface area contributed by atoms with Gasteiger partial charge in [-0.2, -0.15) is 0 Å². The van der Waals surface area contributed by atoms with Crippen molar-refractivity contribution in [1.29, 1.82) is 0 Å². The second-order valence-corrected chi connectivity index (χ2v) is 8.59. The second kappa shape index (κ2) is 7.75. The molecule has 0 bridgehead atoms. The molecule has 1 amide bonds. The number of amides is 1. The first-order chi connectivity index (χ1) is 15.5. The molecule has 0 saturated carbocycles. The maximum absolute atomic E-state index is 13.6. The van der Waals surface area contributed by atoms with Crippen molar-refractivity contribution in [3.05, 3.63) is 100 Å². The predicted molar refractivity (Wildman–Crippen MR) is 128 cm³/mol.